The van der Waals surface area contributed by atoms with Gasteiger partial charge in [0.1, 0.15) is 5.82 Å². The highest BCUT2D eigenvalue weighted by atomic mass is 79.9. The number of nitrogens with one attached hydrogen (secondary N) is 1. The summed E-state index contributed by atoms with van der Waals surface area (Å²) >= 11 is 3.22. The first-order valence-corrected chi connectivity index (χ1v) is 5.43. The molecule has 0 fully saturated rings. The van der Waals surface area contributed by atoms with Crippen LogP contribution in [0.15, 0.2) is 39.4 Å². The van der Waals surface area contributed by atoms with Crippen LogP contribution in [0.1, 0.15) is 0 Å². The van der Waals surface area contributed by atoms with Gasteiger partial charge in [0.05, 0.1) is 11.0 Å². The van der Waals surface area contributed by atoms with Gasteiger partial charge >= 0.3 is 0 Å². The van der Waals surface area contributed by atoms with Gasteiger partial charge in [-0.25, -0.2) is 9.37 Å². The van der Waals surface area contributed by atoms with Gasteiger partial charge in [-0.15, -0.1) is 0 Å². The molecule has 2 heterocycles. The molecular weight excluding hydrogens is 275 g/mol. The zero-order valence-corrected chi connectivity index (χ0v) is 9.58. The zero-order chi connectivity index (χ0) is 11.1. The number of halogens is 2. The second kappa shape index (κ2) is 3.45. The predicted molar refractivity (Wildman–Crippen MR) is 61.5 cm³/mol. The van der Waals surface area contributed by atoms with Gasteiger partial charge in [0.15, 0.2) is 16.3 Å². The van der Waals surface area contributed by atoms with Crippen LogP contribution in [0.3, 0.4) is 0 Å². The number of furan rings is 1. The smallest absolute Gasteiger partial charge is 0.174 e. The molecule has 0 radical (unpaired) electrons. The lowest BCUT2D eigenvalue weighted by atomic mass is 10.3. The van der Waals surface area contributed by atoms with E-state index < -0.39 is 0 Å². The van der Waals surface area contributed by atoms with Crippen LogP contribution in [0.4, 0.5) is 4.39 Å². The van der Waals surface area contributed by atoms with E-state index >= 15 is 0 Å². The van der Waals surface area contributed by atoms with Crippen molar-refractivity contribution in [3.8, 4) is 11.6 Å². The Balaban J connectivity index is 2.18. The molecule has 0 aliphatic rings. The van der Waals surface area contributed by atoms with Gasteiger partial charge in [-0.05, 0) is 46.3 Å². The Labute approximate surface area is 98.4 Å². The van der Waals surface area contributed by atoms with Crippen molar-refractivity contribution in [2.45, 2.75) is 0 Å². The average molecular weight is 281 g/mol. The second-order valence-electron chi connectivity index (χ2n) is 3.35. The van der Waals surface area contributed by atoms with Crippen molar-refractivity contribution in [3.05, 3.63) is 40.8 Å². The number of aromatic amines is 1. The monoisotopic (exact) mass is 280 g/mol. The lowest BCUT2D eigenvalue weighted by Gasteiger charge is -1.87. The topological polar surface area (TPSA) is 41.8 Å². The summed E-state index contributed by atoms with van der Waals surface area (Å²) in [6.45, 7) is 0. The van der Waals surface area contributed by atoms with Crippen LogP contribution in [0, 0.1) is 5.82 Å². The maximum Gasteiger partial charge on any atom is 0.174 e. The summed E-state index contributed by atoms with van der Waals surface area (Å²) in [6.07, 6.45) is 0. The highest BCUT2D eigenvalue weighted by molar-refractivity contribution is 9.10. The number of H-pyrrole nitrogens is 1. The van der Waals surface area contributed by atoms with Gasteiger partial charge in [-0.1, -0.05) is 0 Å². The molecule has 5 heteroatoms. The lowest BCUT2D eigenvalue weighted by molar-refractivity contribution is 0.552. The fourth-order valence-electron chi connectivity index (χ4n) is 1.54. The molecule has 3 rings (SSSR count). The Morgan fingerprint density at radius 2 is 2.12 bits per heavy atom. The first-order chi connectivity index (χ1) is 7.72. The number of fused-ring (bicyclic) bond motifs is 1. The fourth-order valence-corrected chi connectivity index (χ4v) is 1.85. The number of benzene rings is 1. The van der Waals surface area contributed by atoms with Crippen molar-refractivity contribution in [3.63, 3.8) is 0 Å². The molecular formula is C11H6BrFN2O. The number of imidazole rings is 1. The maximum atomic E-state index is 13.0. The minimum absolute atomic E-state index is 0.289. The summed E-state index contributed by atoms with van der Waals surface area (Å²) in [5.41, 5.74) is 1.37. The zero-order valence-electron chi connectivity index (χ0n) is 8.00. The number of hydrogen-bond acceptors (Lipinski definition) is 2. The van der Waals surface area contributed by atoms with E-state index in [1.165, 1.54) is 12.1 Å². The molecule has 0 spiro atoms. The van der Waals surface area contributed by atoms with Crippen molar-refractivity contribution < 1.29 is 8.81 Å². The van der Waals surface area contributed by atoms with Crippen LogP contribution in [0.25, 0.3) is 22.6 Å². The molecule has 0 aliphatic heterocycles. The summed E-state index contributed by atoms with van der Waals surface area (Å²) < 4.78 is 19.0. The first kappa shape index (κ1) is 9.59. The van der Waals surface area contributed by atoms with Crippen LogP contribution < -0.4 is 0 Å². The first-order valence-electron chi connectivity index (χ1n) is 4.63. The molecule has 80 valence electrons. The molecule has 0 atom stereocenters. The third kappa shape index (κ3) is 1.53. The Hall–Kier alpha value is -1.62. The van der Waals surface area contributed by atoms with E-state index in [4.69, 9.17) is 4.42 Å². The Bertz CT molecular complexity index is 659. The minimum Gasteiger partial charge on any atom is -0.446 e. The molecule has 0 unspecified atom stereocenters. The van der Waals surface area contributed by atoms with Gasteiger partial charge in [-0.2, -0.15) is 0 Å². The average Bonchev–Trinajstić information content (AvgIpc) is 2.83. The van der Waals surface area contributed by atoms with E-state index in [9.17, 15) is 4.39 Å². The number of hydrogen-bond donors (Lipinski definition) is 1. The Kier molecular flexibility index (Phi) is 2.07. The summed E-state index contributed by atoms with van der Waals surface area (Å²) in [4.78, 5) is 7.30. The van der Waals surface area contributed by atoms with Gasteiger partial charge < -0.3 is 9.40 Å². The van der Waals surface area contributed by atoms with E-state index in [1.54, 1.807) is 18.2 Å². The van der Waals surface area contributed by atoms with Gasteiger partial charge in [0.2, 0.25) is 0 Å². The van der Waals surface area contributed by atoms with Crippen molar-refractivity contribution in [1.29, 1.82) is 0 Å². The minimum atomic E-state index is -0.289. The molecule has 0 saturated heterocycles. The number of rotatable bonds is 1. The van der Waals surface area contributed by atoms with Crippen LogP contribution in [0.2, 0.25) is 0 Å². The van der Waals surface area contributed by atoms with Crippen LogP contribution in [-0.2, 0) is 0 Å². The molecule has 3 nitrogen and oxygen atoms in total. The van der Waals surface area contributed by atoms with E-state index in [0.717, 1.165) is 0 Å². The summed E-state index contributed by atoms with van der Waals surface area (Å²) in [7, 11) is 0. The van der Waals surface area contributed by atoms with E-state index in [2.05, 4.69) is 25.9 Å². The van der Waals surface area contributed by atoms with Crippen LogP contribution in [0.5, 0.6) is 0 Å². The van der Waals surface area contributed by atoms with E-state index in [0.29, 0.717) is 27.3 Å². The van der Waals surface area contributed by atoms with E-state index in [-0.39, 0.29) is 5.82 Å². The SMILES string of the molecule is Fc1ccc2nc(-c3ccc(Br)o3)[nH]c2c1. The third-order valence-electron chi connectivity index (χ3n) is 2.25. The quantitative estimate of drug-likeness (QED) is 0.738. The largest absolute Gasteiger partial charge is 0.446 e. The Morgan fingerprint density at radius 1 is 1.25 bits per heavy atom. The molecule has 0 aliphatic carbocycles. The predicted octanol–water partition coefficient (Wildman–Crippen LogP) is 3.72. The Morgan fingerprint density at radius 3 is 2.88 bits per heavy atom. The number of aromatic nitrogens is 2. The lowest BCUT2D eigenvalue weighted by Crippen LogP contribution is -1.74. The van der Waals surface area contributed by atoms with Gasteiger partial charge in [-0.3, -0.25) is 0 Å². The molecule has 2 aromatic heterocycles. The van der Waals surface area contributed by atoms with Crippen LogP contribution in [-0.4, -0.2) is 9.97 Å². The highest BCUT2D eigenvalue weighted by Gasteiger charge is 2.09. The molecule has 0 amide bonds. The highest BCUT2D eigenvalue weighted by Crippen LogP contribution is 2.25. The molecule has 1 aromatic carbocycles. The third-order valence-corrected chi connectivity index (χ3v) is 2.68. The van der Waals surface area contributed by atoms with Crippen molar-refractivity contribution in [2.75, 3.05) is 0 Å². The normalized spacial score (nSPS) is 11.1. The molecule has 0 saturated carbocycles. The summed E-state index contributed by atoms with van der Waals surface area (Å²) in [5, 5.41) is 0. The van der Waals surface area contributed by atoms with E-state index in [1.807, 2.05) is 0 Å². The van der Waals surface area contributed by atoms with Gasteiger partial charge in [0.25, 0.3) is 0 Å². The maximum absolute atomic E-state index is 13.0. The number of nitrogens with zero attached hydrogens (tertiary/aromatic N) is 1. The van der Waals surface area contributed by atoms with Gasteiger partial charge in [0, 0.05) is 0 Å². The fraction of sp³-hybridized carbons (Fsp3) is 0. The molecule has 0 bridgehead atoms. The summed E-state index contributed by atoms with van der Waals surface area (Å²) in [6, 6.07) is 7.98. The van der Waals surface area contributed by atoms with Crippen molar-refractivity contribution in [2.24, 2.45) is 0 Å². The standard InChI is InChI=1S/C11H6BrFN2O/c12-10-4-3-9(16-10)11-14-7-2-1-6(13)5-8(7)15-11/h1-5H,(H,14,15). The summed E-state index contributed by atoms with van der Waals surface area (Å²) in [5.74, 6) is 0.915. The molecule has 1 N–H and O–H groups in total. The van der Waals surface area contributed by atoms with Crippen molar-refractivity contribution in [1.82, 2.24) is 9.97 Å². The molecule has 16 heavy (non-hydrogen) atoms. The second-order valence-corrected chi connectivity index (χ2v) is 4.13. The molecule has 3 aromatic rings. The van der Waals surface area contributed by atoms with Crippen LogP contribution >= 0.6 is 15.9 Å². The van der Waals surface area contributed by atoms with Crippen molar-refractivity contribution >= 4 is 27.0 Å².